The minimum Gasteiger partial charge on any atom is -0.476 e. The summed E-state index contributed by atoms with van der Waals surface area (Å²) in [6.45, 7) is 6.36. The Morgan fingerprint density at radius 1 is 1.44 bits per heavy atom. The molecule has 0 saturated carbocycles. The number of rotatable bonds is 3. The second kappa shape index (κ2) is 5.38. The lowest BCUT2D eigenvalue weighted by Crippen LogP contribution is -2.36. The van der Waals surface area contributed by atoms with Crippen molar-refractivity contribution in [1.82, 2.24) is 4.98 Å². The van der Waals surface area contributed by atoms with Gasteiger partial charge in [0.25, 0.3) is 0 Å². The first-order valence-electron chi connectivity index (χ1n) is 6.53. The van der Waals surface area contributed by atoms with Gasteiger partial charge in [-0.1, -0.05) is 13.8 Å². The van der Waals surface area contributed by atoms with E-state index < -0.39 is 5.97 Å². The lowest BCUT2D eigenvalue weighted by molar-refractivity contribution is 0.0691. The first-order chi connectivity index (χ1) is 8.59. The molecule has 0 radical (unpaired) electrons. The molecule has 1 aromatic heterocycles. The van der Waals surface area contributed by atoms with Crippen LogP contribution in [-0.4, -0.2) is 29.1 Å². The van der Waals surface area contributed by atoms with E-state index in [0.717, 1.165) is 37.5 Å². The van der Waals surface area contributed by atoms with Crippen LogP contribution in [0, 0.1) is 11.8 Å². The molecule has 0 amide bonds. The van der Waals surface area contributed by atoms with Crippen molar-refractivity contribution in [2.75, 3.05) is 18.0 Å². The predicted molar refractivity (Wildman–Crippen MR) is 71.0 cm³/mol. The number of carboxylic acids is 1. The first-order valence-corrected chi connectivity index (χ1v) is 6.53. The minimum absolute atomic E-state index is 0.167. The van der Waals surface area contributed by atoms with E-state index in [-0.39, 0.29) is 5.69 Å². The van der Waals surface area contributed by atoms with Gasteiger partial charge in [0, 0.05) is 19.3 Å². The number of pyridine rings is 1. The van der Waals surface area contributed by atoms with Crippen LogP contribution in [0.15, 0.2) is 18.3 Å². The summed E-state index contributed by atoms with van der Waals surface area (Å²) in [5.41, 5.74) is 0.924. The first kappa shape index (κ1) is 12.9. The Morgan fingerprint density at radius 3 is 2.67 bits per heavy atom. The standard InChI is InChI=1S/C14H20N2O2/c1-10(2)11-5-8-16(9-6-11)12-4-3-7-15-13(12)14(17)18/h3-4,7,10-11H,5-6,8-9H2,1-2H3,(H,17,18). The van der Waals surface area contributed by atoms with Crippen LogP contribution in [0.4, 0.5) is 5.69 Å². The highest BCUT2D eigenvalue weighted by Crippen LogP contribution is 2.28. The number of piperidine rings is 1. The molecule has 1 aliphatic heterocycles. The van der Waals surface area contributed by atoms with Gasteiger partial charge in [-0.2, -0.15) is 0 Å². The van der Waals surface area contributed by atoms with E-state index in [2.05, 4.69) is 23.7 Å². The fraction of sp³-hybridized carbons (Fsp3) is 0.571. The molecule has 1 fully saturated rings. The molecule has 0 aromatic carbocycles. The van der Waals surface area contributed by atoms with Crippen LogP contribution < -0.4 is 4.90 Å². The van der Waals surface area contributed by atoms with Crippen LogP contribution in [0.1, 0.15) is 37.2 Å². The maximum Gasteiger partial charge on any atom is 0.356 e. The largest absolute Gasteiger partial charge is 0.476 e. The minimum atomic E-state index is -0.948. The molecule has 2 rings (SSSR count). The quantitative estimate of drug-likeness (QED) is 0.893. The van der Waals surface area contributed by atoms with E-state index in [1.165, 1.54) is 6.20 Å². The van der Waals surface area contributed by atoms with Gasteiger partial charge >= 0.3 is 5.97 Å². The number of carbonyl (C=O) groups is 1. The van der Waals surface area contributed by atoms with Gasteiger partial charge in [-0.15, -0.1) is 0 Å². The summed E-state index contributed by atoms with van der Waals surface area (Å²) in [6, 6.07) is 3.66. The highest BCUT2D eigenvalue weighted by molar-refractivity contribution is 5.92. The van der Waals surface area contributed by atoms with Gasteiger partial charge in [-0.05, 0) is 36.8 Å². The third kappa shape index (κ3) is 2.63. The highest BCUT2D eigenvalue weighted by Gasteiger charge is 2.24. The van der Waals surface area contributed by atoms with Crippen LogP contribution in [-0.2, 0) is 0 Å². The average Bonchev–Trinajstić information content (AvgIpc) is 2.39. The van der Waals surface area contributed by atoms with Crippen molar-refractivity contribution in [1.29, 1.82) is 0 Å². The molecule has 0 spiro atoms. The SMILES string of the molecule is CC(C)C1CCN(c2cccnc2C(=O)O)CC1. The van der Waals surface area contributed by atoms with Crippen LogP contribution >= 0.6 is 0 Å². The normalized spacial score (nSPS) is 17.2. The Hall–Kier alpha value is -1.58. The smallest absolute Gasteiger partial charge is 0.356 e. The Bertz CT molecular complexity index is 424. The van der Waals surface area contributed by atoms with E-state index in [4.69, 9.17) is 5.11 Å². The summed E-state index contributed by atoms with van der Waals surface area (Å²) in [4.78, 5) is 17.3. The second-order valence-corrected chi connectivity index (χ2v) is 5.24. The molecule has 1 N–H and O–H groups in total. The van der Waals surface area contributed by atoms with Crippen molar-refractivity contribution >= 4 is 11.7 Å². The van der Waals surface area contributed by atoms with E-state index in [1.54, 1.807) is 6.07 Å². The van der Waals surface area contributed by atoms with Gasteiger partial charge < -0.3 is 10.0 Å². The number of hydrogen-bond acceptors (Lipinski definition) is 3. The van der Waals surface area contributed by atoms with Gasteiger partial charge in [0.1, 0.15) is 0 Å². The van der Waals surface area contributed by atoms with Crippen molar-refractivity contribution in [2.24, 2.45) is 11.8 Å². The summed E-state index contributed by atoms with van der Waals surface area (Å²) in [5, 5.41) is 9.15. The van der Waals surface area contributed by atoms with E-state index in [1.807, 2.05) is 6.07 Å². The zero-order chi connectivity index (χ0) is 13.1. The number of aromatic nitrogens is 1. The fourth-order valence-electron chi connectivity index (χ4n) is 2.62. The van der Waals surface area contributed by atoms with Crippen molar-refractivity contribution < 1.29 is 9.90 Å². The number of nitrogens with zero attached hydrogens (tertiary/aromatic N) is 2. The molecule has 1 aliphatic rings. The van der Waals surface area contributed by atoms with Crippen molar-refractivity contribution in [3.63, 3.8) is 0 Å². The molecular formula is C14H20N2O2. The Kier molecular flexibility index (Phi) is 3.84. The topological polar surface area (TPSA) is 53.4 Å². The molecule has 4 nitrogen and oxygen atoms in total. The summed E-state index contributed by atoms with van der Waals surface area (Å²) in [5.74, 6) is 0.516. The molecule has 18 heavy (non-hydrogen) atoms. The lowest BCUT2D eigenvalue weighted by atomic mass is 9.86. The molecule has 1 aromatic rings. The van der Waals surface area contributed by atoms with Gasteiger partial charge in [-0.25, -0.2) is 9.78 Å². The van der Waals surface area contributed by atoms with Crippen LogP contribution in [0.3, 0.4) is 0 Å². The molecule has 1 saturated heterocycles. The summed E-state index contributed by atoms with van der Waals surface area (Å²) in [7, 11) is 0. The third-order valence-electron chi connectivity index (χ3n) is 3.81. The van der Waals surface area contributed by atoms with E-state index >= 15 is 0 Å². The van der Waals surface area contributed by atoms with Gasteiger partial charge in [0.05, 0.1) is 5.69 Å². The summed E-state index contributed by atoms with van der Waals surface area (Å²) in [6.07, 6.45) is 3.80. The lowest BCUT2D eigenvalue weighted by Gasteiger charge is -2.35. The monoisotopic (exact) mass is 248 g/mol. The molecular weight excluding hydrogens is 228 g/mol. The Labute approximate surface area is 108 Å². The molecule has 98 valence electrons. The molecule has 2 heterocycles. The van der Waals surface area contributed by atoms with Crippen LogP contribution in [0.25, 0.3) is 0 Å². The van der Waals surface area contributed by atoms with Crippen molar-refractivity contribution in [2.45, 2.75) is 26.7 Å². The number of hydrogen-bond donors (Lipinski definition) is 1. The maximum atomic E-state index is 11.1. The zero-order valence-electron chi connectivity index (χ0n) is 11.0. The predicted octanol–water partition coefficient (Wildman–Crippen LogP) is 2.65. The highest BCUT2D eigenvalue weighted by atomic mass is 16.4. The molecule has 0 atom stereocenters. The van der Waals surface area contributed by atoms with E-state index in [0.29, 0.717) is 5.92 Å². The summed E-state index contributed by atoms with van der Waals surface area (Å²) >= 11 is 0. The third-order valence-corrected chi connectivity index (χ3v) is 3.81. The average molecular weight is 248 g/mol. The zero-order valence-corrected chi connectivity index (χ0v) is 11.0. The van der Waals surface area contributed by atoms with Crippen molar-refractivity contribution in [3.8, 4) is 0 Å². The van der Waals surface area contributed by atoms with Crippen molar-refractivity contribution in [3.05, 3.63) is 24.0 Å². The fourth-order valence-corrected chi connectivity index (χ4v) is 2.62. The molecule has 0 unspecified atom stereocenters. The Balaban J connectivity index is 2.12. The van der Waals surface area contributed by atoms with Gasteiger partial charge in [0.2, 0.25) is 0 Å². The van der Waals surface area contributed by atoms with Crippen LogP contribution in [0.2, 0.25) is 0 Å². The number of carboxylic acid groups (broad SMARTS) is 1. The molecule has 0 aliphatic carbocycles. The number of aromatic carboxylic acids is 1. The van der Waals surface area contributed by atoms with Gasteiger partial charge in [0.15, 0.2) is 5.69 Å². The summed E-state index contributed by atoms with van der Waals surface area (Å²) < 4.78 is 0. The van der Waals surface area contributed by atoms with E-state index in [9.17, 15) is 4.79 Å². The van der Waals surface area contributed by atoms with Crippen LogP contribution in [0.5, 0.6) is 0 Å². The maximum absolute atomic E-state index is 11.1. The molecule has 4 heteroatoms. The Morgan fingerprint density at radius 2 is 2.11 bits per heavy atom. The van der Waals surface area contributed by atoms with Gasteiger partial charge in [-0.3, -0.25) is 0 Å². The number of anilines is 1. The molecule has 0 bridgehead atoms. The second-order valence-electron chi connectivity index (χ2n) is 5.24.